The van der Waals surface area contributed by atoms with Gasteiger partial charge in [0.25, 0.3) is 0 Å². The van der Waals surface area contributed by atoms with E-state index < -0.39 is 0 Å². The van der Waals surface area contributed by atoms with Crippen molar-refractivity contribution >= 4 is 34.3 Å². The van der Waals surface area contributed by atoms with Gasteiger partial charge in [0, 0.05) is 17.0 Å². The Morgan fingerprint density at radius 1 is 1.03 bits per heavy atom. The van der Waals surface area contributed by atoms with E-state index in [4.69, 9.17) is 9.47 Å². The van der Waals surface area contributed by atoms with E-state index in [0.29, 0.717) is 30.3 Å². The highest BCUT2D eigenvalue weighted by atomic mass is 32.2. The molecule has 1 saturated heterocycles. The number of anilines is 1. The number of carbonyl (C=O) groups is 2. The summed E-state index contributed by atoms with van der Waals surface area (Å²) in [5.74, 6) is 1.76. The lowest BCUT2D eigenvalue weighted by Gasteiger charge is -2.25. The van der Waals surface area contributed by atoms with Crippen molar-refractivity contribution in [2.45, 2.75) is 25.8 Å². The fourth-order valence-corrected chi connectivity index (χ4v) is 4.80. The molecular weight excluding hydrogens is 452 g/mol. The summed E-state index contributed by atoms with van der Waals surface area (Å²) in [4.78, 5) is 27.0. The third-order valence-electron chi connectivity index (χ3n) is 5.89. The van der Waals surface area contributed by atoms with Gasteiger partial charge in [-0.05, 0) is 61.8 Å². The monoisotopic (exact) mass is 482 g/mol. The molecule has 9 heteroatoms. The van der Waals surface area contributed by atoms with E-state index in [9.17, 15) is 9.59 Å². The molecule has 2 aliphatic rings. The fraction of sp³-hybridized carbons (Fsp3) is 0.400. The Labute approximate surface area is 204 Å². The summed E-state index contributed by atoms with van der Waals surface area (Å²) in [6.45, 7) is 2.75. The minimum absolute atomic E-state index is 0.00131. The number of ether oxygens (including phenoxy) is 2. The smallest absolute Gasteiger partial charge is 0.302 e. The molecule has 34 heavy (non-hydrogen) atoms. The van der Waals surface area contributed by atoms with Gasteiger partial charge in [-0.15, -0.1) is 0 Å². The molecular formula is C25H30N4O4S. The lowest BCUT2D eigenvalue weighted by atomic mass is 10.1. The molecule has 0 radical (unpaired) electrons. The predicted octanol–water partition coefficient (Wildman–Crippen LogP) is 4.20. The number of hydrogen-bond acceptors (Lipinski definition) is 7. The van der Waals surface area contributed by atoms with Crippen LogP contribution in [0.2, 0.25) is 0 Å². The lowest BCUT2D eigenvalue weighted by Crippen LogP contribution is -2.36. The molecule has 0 saturated carbocycles. The average molecular weight is 483 g/mol. The second kappa shape index (κ2) is 11.4. The number of thioether (sulfide) groups is 1. The molecule has 180 valence electrons. The minimum atomic E-state index is -0.0943. The summed E-state index contributed by atoms with van der Waals surface area (Å²) in [6, 6.07) is 13.2. The zero-order valence-electron chi connectivity index (χ0n) is 19.6. The van der Waals surface area contributed by atoms with Crippen LogP contribution in [0.15, 0.2) is 47.6 Å². The van der Waals surface area contributed by atoms with Gasteiger partial charge in [-0.3, -0.25) is 14.5 Å². The van der Waals surface area contributed by atoms with Gasteiger partial charge in [-0.25, -0.2) is 5.01 Å². The molecule has 0 bridgehead atoms. The highest BCUT2D eigenvalue weighted by Crippen LogP contribution is 2.30. The number of likely N-dealkylation sites (tertiary alicyclic amines) is 1. The SMILES string of the molecule is COc1ccc(C2=NN(Cc3ccc(NC(=O)CN4CCCCC4)cc3)C(=O)SC2)cc1OC. The minimum Gasteiger partial charge on any atom is -0.493 e. The summed E-state index contributed by atoms with van der Waals surface area (Å²) in [5.41, 5.74) is 3.36. The van der Waals surface area contributed by atoms with E-state index in [2.05, 4.69) is 15.3 Å². The molecule has 0 atom stereocenters. The Morgan fingerprint density at radius 3 is 2.47 bits per heavy atom. The van der Waals surface area contributed by atoms with Crippen molar-refractivity contribution in [3.63, 3.8) is 0 Å². The quantitative estimate of drug-likeness (QED) is 0.607. The third-order valence-corrected chi connectivity index (χ3v) is 6.76. The molecule has 0 aliphatic carbocycles. The van der Waals surface area contributed by atoms with E-state index in [0.717, 1.165) is 48.5 Å². The molecule has 2 aliphatic heterocycles. The highest BCUT2D eigenvalue weighted by Gasteiger charge is 2.23. The Morgan fingerprint density at radius 2 is 1.76 bits per heavy atom. The molecule has 2 aromatic rings. The van der Waals surface area contributed by atoms with Crippen molar-refractivity contribution in [3.8, 4) is 11.5 Å². The maximum atomic E-state index is 12.5. The van der Waals surface area contributed by atoms with Gasteiger partial charge >= 0.3 is 5.24 Å². The molecule has 1 N–H and O–H groups in total. The summed E-state index contributed by atoms with van der Waals surface area (Å²) < 4.78 is 10.7. The number of nitrogens with zero attached hydrogens (tertiary/aromatic N) is 3. The number of hydrazone groups is 1. The number of hydrogen-bond donors (Lipinski definition) is 1. The Bertz CT molecular complexity index is 1050. The topological polar surface area (TPSA) is 83.5 Å². The van der Waals surface area contributed by atoms with Crippen molar-refractivity contribution in [2.24, 2.45) is 5.10 Å². The first-order valence-electron chi connectivity index (χ1n) is 11.4. The van der Waals surface area contributed by atoms with Gasteiger partial charge in [0.2, 0.25) is 5.91 Å². The fourth-order valence-electron chi connectivity index (χ4n) is 4.06. The number of benzene rings is 2. The molecule has 2 amide bonds. The third kappa shape index (κ3) is 6.09. The van der Waals surface area contributed by atoms with Gasteiger partial charge in [-0.1, -0.05) is 30.3 Å². The van der Waals surface area contributed by atoms with E-state index >= 15 is 0 Å². The molecule has 8 nitrogen and oxygen atoms in total. The average Bonchev–Trinajstić information content (AvgIpc) is 2.86. The largest absolute Gasteiger partial charge is 0.493 e. The van der Waals surface area contributed by atoms with Gasteiger partial charge in [0.15, 0.2) is 11.5 Å². The van der Waals surface area contributed by atoms with Crippen LogP contribution in [0.25, 0.3) is 0 Å². The number of methoxy groups -OCH3 is 2. The highest BCUT2D eigenvalue weighted by molar-refractivity contribution is 8.14. The molecule has 2 heterocycles. The molecule has 1 fully saturated rings. The van der Waals surface area contributed by atoms with E-state index in [-0.39, 0.29) is 11.1 Å². The van der Waals surface area contributed by atoms with Crippen molar-refractivity contribution in [1.29, 1.82) is 0 Å². The van der Waals surface area contributed by atoms with Gasteiger partial charge in [0.1, 0.15) is 0 Å². The number of carbonyl (C=O) groups excluding carboxylic acids is 2. The normalized spacial score (nSPS) is 16.7. The van der Waals surface area contributed by atoms with Crippen LogP contribution in [-0.4, -0.2) is 66.4 Å². The van der Waals surface area contributed by atoms with Crippen molar-refractivity contribution in [3.05, 3.63) is 53.6 Å². The second-order valence-corrected chi connectivity index (χ2v) is 9.24. The van der Waals surface area contributed by atoms with Crippen LogP contribution in [0.4, 0.5) is 10.5 Å². The summed E-state index contributed by atoms with van der Waals surface area (Å²) in [7, 11) is 3.19. The van der Waals surface area contributed by atoms with E-state index in [1.54, 1.807) is 14.2 Å². The molecule has 0 unspecified atom stereocenters. The Kier molecular flexibility index (Phi) is 8.08. The molecule has 0 aromatic heterocycles. The summed E-state index contributed by atoms with van der Waals surface area (Å²) in [5, 5.41) is 8.95. The van der Waals surface area contributed by atoms with E-state index in [1.165, 1.54) is 23.2 Å². The maximum absolute atomic E-state index is 12.5. The first kappa shape index (κ1) is 24.1. The molecule has 4 rings (SSSR count). The zero-order chi connectivity index (χ0) is 23.9. The van der Waals surface area contributed by atoms with E-state index in [1.807, 2.05) is 42.5 Å². The van der Waals surface area contributed by atoms with Crippen LogP contribution >= 0.6 is 11.8 Å². The number of nitrogens with one attached hydrogen (secondary N) is 1. The van der Waals surface area contributed by atoms with Crippen LogP contribution in [-0.2, 0) is 11.3 Å². The van der Waals surface area contributed by atoms with Crippen molar-refractivity contribution < 1.29 is 19.1 Å². The standard InChI is InChI=1S/C25H30N4O4S/c1-32-22-11-8-19(14-23(22)33-2)21-17-34-25(31)29(27-21)15-18-6-9-20(10-7-18)26-24(30)16-28-12-4-3-5-13-28/h6-11,14H,3-5,12-13,15-17H2,1-2H3,(H,26,30). The zero-order valence-corrected chi connectivity index (χ0v) is 20.4. The van der Waals surface area contributed by atoms with Crippen LogP contribution in [0.1, 0.15) is 30.4 Å². The molecule has 2 aromatic carbocycles. The number of rotatable bonds is 8. The second-order valence-electron chi connectivity index (χ2n) is 8.31. The van der Waals surface area contributed by atoms with Crippen molar-refractivity contribution in [2.75, 3.05) is 44.9 Å². The van der Waals surface area contributed by atoms with Crippen LogP contribution in [0, 0.1) is 0 Å². The van der Waals surface area contributed by atoms with Gasteiger partial charge in [-0.2, -0.15) is 5.10 Å². The first-order valence-corrected chi connectivity index (χ1v) is 12.4. The maximum Gasteiger partial charge on any atom is 0.302 e. The lowest BCUT2D eigenvalue weighted by molar-refractivity contribution is -0.117. The van der Waals surface area contributed by atoms with Crippen LogP contribution in [0.3, 0.4) is 0 Å². The first-order chi connectivity index (χ1) is 16.6. The molecule has 0 spiro atoms. The van der Waals surface area contributed by atoms with Crippen LogP contribution < -0.4 is 14.8 Å². The Balaban J connectivity index is 1.39. The van der Waals surface area contributed by atoms with Crippen LogP contribution in [0.5, 0.6) is 11.5 Å². The number of amides is 2. The van der Waals surface area contributed by atoms with Gasteiger partial charge < -0.3 is 14.8 Å². The predicted molar refractivity (Wildman–Crippen MR) is 135 cm³/mol. The summed E-state index contributed by atoms with van der Waals surface area (Å²) >= 11 is 1.22. The summed E-state index contributed by atoms with van der Waals surface area (Å²) in [6.07, 6.45) is 3.56. The van der Waals surface area contributed by atoms with Crippen molar-refractivity contribution in [1.82, 2.24) is 9.91 Å². The Hall–Kier alpha value is -3.04. The van der Waals surface area contributed by atoms with Gasteiger partial charge in [0.05, 0.1) is 33.0 Å². The number of piperidine rings is 1.